The van der Waals surface area contributed by atoms with E-state index in [0.29, 0.717) is 5.92 Å². The van der Waals surface area contributed by atoms with Gasteiger partial charge in [0.15, 0.2) is 4.96 Å². The van der Waals surface area contributed by atoms with Gasteiger partial charge in [-0.3, -0.25) is 4.40 Å². The molecule has 0 saturated heterocycles. The lowest BCUT2D eigenvalue weighted by atomic mass is 10.2. The minimum Gasteiger partial charge on any atom is -0.284 e. The van der Waals surface area contributed by atoms with Crippen molar-refractivity contribution in [2.24, 2.45) is 0 Å². The number of hydrogen-bond acceptors (Lipinski definition) is 2. The Hall–Kier alpha value is -0.350. The molecule has 0 unspecified atom stereocenters. The van der Waals surface area contributed by atoms with Gasteiger partial charge < -0.3 is 0 Å². The van der Waals surface area contributed by atoms with Gasteiger partial charge in [-0.2, -0.15) is 0 Å². The molecule has 4 heteroatoms. The fourth-order valence-corrected chi connectivity index (χ4v) is 3.22. The molecule has 82 valence electrons. The summed E-state index contributed by atoms with van der Waals surface area (Å²) in [5.41, 5.74) is 1.18. The summed E-state index contributed by atoms with van der Waals surface area (Å²) in [6.45, 7) is 6.61. The Morgan fingerprint density at radius 1 is 1.53 bits per heavy atom. The lowest BCUT2D eigenvalue weighted by Crippen LogP contribution is -1.86. The second-order valence-electron chi connectivity index (χ2n) is 4.04. The maximum Gasteiger partial charge on any atom is 0.195 e. The topological polar surface area (TPSA) is 17.3 Å². The number of aromatic nitrogens is 2. The average Bonchev–Trinajstić information content (AvgIpc) is 2.69. The number of fused-ring (bicyclic) bond motifs is 1. The van der Waals surface area contributed by atoms with Crippen LogP contribution in [0.3, 0.4) is 0 Å². The Kier molecular flexibility index (Phi) is 3.16. The molecule has 0 N–H and O–H groups in total. The standard InChI is InChI=1S/C11H15BrN2S/c1-4-5-8-10(12)14-6-9(7(2)3)15-11(14)13-8/h6-7H,4-5H2,1-3H3. The molecule has 0 fully saturated rings. The predicted octanol–water partition coefficient (Wildman–Crippen LogP) is 4.23. The zero-order chi connectivity index (χ0) is 11.0. The van der Waals surface area contributed by atoms with Gasteiger partial charge in [0.25, 0.3) is 0 Å². The molecule has 0 saturated carbocycles. The Balaban J connectivity index is 2.48. The lowest BCUT2D eigenvalue weighted by molar-refractivity contribution is 0.873. The summed E-state index contributed by atoms with van der Waals surface area (Å²) in [7, 11) is 0. The molecule has 0 aromatic carbocycles. The molecule has 0 aliphatic carbocycles. The van der Waals surface area contributed by atoms with Crippen molar-refractivity contribution in [2.75, 3.05) is 0 Å². The zero-order valence-electron chi connectivity index (χ0n) is 9.25. The molecule has 0 amide bonds. The molecule has 2 rings (SSSR count). The predicted molar refractivity (Wildman–Crippen MR) is 68.9 cm³/mol. The van der Waals surface area contributed by atoms with Crippen LogP contribution in [0.1, 0.15) is 43.7 Å². The number of thiazole rings is 1. The number of imidazole rings is 1. The number of hydrogen-bond donors (Lipinski definition) is 0. The normalized spacial score (nSPS) is 11.8. The second-order valence-corrected chi connectivity index (χ2v) is 5.83. The van der Waals surface area contributed by atoms with Gasteiger partial charge in [0.1, 0.15) is 4.60 Å². The van der Waals surface area contributed by atoms with Crippen LogP contribution in [-0.2, 0) is 6.42 Å². The van der Waals surface area contributed by atoms with Crippen LogP contribution in [0, 0.1) is 0 Å². The van der Waals surface area contributed by atoms with E-state index in [-0.39, 0.29) is 0 Å². The molecule has 2 heterocycles. The van der Waals surface area contributed by atoms with E-state index in [1.807, 2.05) is 0 Å². The van der Waals surface area contributed by atoms with Gasteiger partial charge in [0.2, 0.25) is 0 Å². The Bertz CT molecular complexity index is 470. The van der Waals surface area contributed by atoms with Crippen molar-refractivity contribution in [1.82, 2.24) is 9.38 Å². The first-order valence-corrected chi connectivity index (χ1v) is 6.90. The first-order valence-electron chi connectivity index (χ1n) is 5.29. The highest BCUT2D eigenvalue weighted by Crippen LogP contribution is 2.29. The molecule has 2 nitrogen and oxygen atoms in total. The molecule has 2 aromatic rings. The van der Waals surface area contributed by atoms with Crippen LogP contribution in [0.15, 0.2) is 10.8 Å². The molecule has 0 bridgehead atoms. The molecule has 15 heavy (non-hydrogen) atoms. The fourth-order valence-electron chi connectivity index (χ4n) is 1.54. The first kappa shape index (κ1) is 11.1. The van der Waals surface area contributed by atoms with Crippen LogP contribution >= 0.6 is 27.3 Å². The third-order valence-corrected chi connectivity index (χ3v) is 4.53. The zero-order valence-corrected chi connectivity index (χ0v) is 11.7. The third kappa shape index (κ3) is 1.97. The average molecular weight is 287 g/mol. The molecule has 0 aliphatic heterocycles. The van der Waals surface area contributed by atoms with E-state index in [4.69, 9.17) is 0 Å². The highest BCUT2D eigenvalue weighted by molar-refractivity contribution is 9.10. The van der Waals surface area contributed by atoms with Crippen molar-refractivity contribution in [3.63, 3.8) is 0 Å². The largest absolute Gasteiger partial charge is 0.284 e. The summed E-state index contributed by atoms with van der Waals surface area (Å²) in [4.78, 5) is 7.14. The summed E-state index contributed by atoms with van der Waals surface area (Å²) in [6, 6.07) is 0. The summed E-state index contributed by atoms with van der Waals surface area (Å²) in [5, 5.41) is 0. The maximum atomic E-state index is 4.64. The maximum absolute atomic E-state index is 4.64. The fraction of sp³-hybridized carbons (Fsp3) is 0.545. The Labute approximate surface area is 102 Å². The molecule has 2 aromatic heterocycles. The molecular formula is C11H15BrN2S. The van der Waals surface area contributed by atoms with Crippen molar-refractivity contribution in [3.8, 4) is 0 Å². The van der Waals surface area contributed by atoms with Crippen LogP contribution in [-0.4, -0.2) is 9.38 Å². The van der Waals surface area contributed by atoms with E-state index in [2.05, 4.69) is 52.3 Å². The van der Waals surface area contributed by atoms with E-state index >= 15 is 0 Å². The summed E-state index contributed by atoms with van der Waals surface area (Å²) in [5.74, 6) is 0.582. The van der Waals surface area contributed by atoms with E-state index < -0.39 is 0 Å². The van der Waals surface area contributed by atoms with Gasteiger partial charge in [0, 0.05) is 11.1 Å². The number of rotatable bonds is 3. The highest BCUT2D eigenvalue weighted by atomic mass is 79.9. The molecule has 0 radical (unpaired) electrons. The molecule has 0 atom stereocenters. The van der Waals surface area contributed by atoms with Crippen molar-refractivity contribution < 1.29 is 0 Å². The minimum absolute atomic E-state index is 0.582. The smallest absolute Gasteiger partial charge is 0.195 e. The van der Waals surface area contributed by atoms with Crippen molar-refractivity contribution in [1.29, 1.82) is 0 Å². The van der Waals surface area contributed by atoms with Gasteiger partial charge in [-0.1, -0.05) is 27.2 Å². The van der Waals surface area contributed by atoms with Gasteiger partial charge in [-0.25, -0.2) is 4.98 Å². The van der Waals surface area contributed by atoms with E-state index in [0.717, 1.165) is 22.4 Å². The van der Waals surface area contributed by atoms with E-state index in [9.17, 15) is 0 Å². The summed E-state index contributed by atoms with van der Waals surface area (Å²) < 4.78 is 3.29. The van der Waals surface area contributed by atoms with Gasteiger partial charge >= 0.3 is 0 Å². The first-order chi connectivity index (χ1) is 7.13. The Morgan fingerprint density at radius 3 is 2.80 bits per heavy atom. The van der Waals surface area contributed by atoms with Gasteiger partial charge in [0.05, 0.1) is 5.69 Å². The van der Waals surface area contributed by atoms with Crippen molar-refractivity contribution in [2.45, 2.75) is 39.5 Å². The lowest BCUT2D eigenvalue weighted by Gasteiger charge is -1.97. The summed E-state index contributed by atoms with van der Waals surface area (Å²) >= 11 is 5.41. The van der Waals surface area contributed by atoms with Crippen LogP contribution in [0.25, 0.3) is 4.96 Å². The van der Waals surface area contributed by atoms with Crippen LogP contribution < -0.4 is 0 Å². The quantitative estimate of drug-likeness (QED) is 0.825. The van der Waals surface area contributed by atoms with Crippen molar-refractivity contribution >= 4 is 32.2 Å². The van der Waals surface area contributed by atoms with E-state index in [1.54, 1.807) is 11.3 Å². The minimum atomic E-state index is 0.582. The van der Waals surface area contributed by atoms with Gasteiger partial charge in [-0.05, 0) is 28.3 Å². The monoisotopic (exact) mass is 286 g/mol. The molecular weight excluding hydrogens is 272 g/mol. The van der Waals surface area contributed by atoms with Crippen molar-refractivity contribution in [3.05, 3.63) is 21.4 Å². The summed E-state index contributed by atoms with van der Waals surface area (Å²) in [6.07, 6.45) is 4.38. The molecule has 0 spiro atoms. The Morgan fingerprint density at radius 2 is 2.27 bits per heavy atom. The van der Waals surface area contributed by atoms with Gasteiger partial charge in [-0.15, -0.1) is 11.3 Å². The van der Waals surface area contributed by atoms with Crippen LogP contribution in [0.5, 0.6) is 0 Å². The number of nitrogens with zero attached hydrogens (tertiary/aromatic N) is 2. The van der Waals surface area contributed by atoms with Crippen LogP contribution in [0.2, 0.25) is 0 Å². The number of halogens is 1. The second kappa shape index (κ2) is 4.26. The molecule has 0 aliphatic rings. The SMILES string of the molecule is CCCc1nc2sc(C(C)C)cn2c1Br. The number of aryl methyl sites for hydroxylation is 1. The third-order valence-electron chi connectivity index (χ3n) is 2.41. The van der Waals surface area contributed by atoms with Crippen LogP contribution in [0.4, 0.5) is 0 Å². The highest BCUT2D eigenvalue weighted by Gasteiger charge is 2.13. The van der Waals surface area contributed by atoms with E-state index in [1.165, 1.54) is 10.6 Å².